The minimum absolute atomic E-state index is 0.0729. The van der Waals surface area contributed by atoms with E-state index in [9.17, 15) is 5.11 Å². The first-order valence-electron chi connectivity index (χ1n) is 6.27. The predicted molar refractivity (Wildman–Crippen MR) is 73.3 cm³/mol. The van der Waals surface area contributed by atoms with Crippen LogP contribution < -0.4 is 9.47 Å². The fourth-order valence-electron chi connectivity index (χ4n) is 1.77. The van der Waals surface area contributed by atoms with Crippen molar-refractivity contribution in [2.75, 3.05) is 14.2 Å². The fourth-order valence-corrected chi connectivity index (χ4v) is 1.77. The van der Waals surface area contributed by atoms with Crippen molar-refractivity contribution in [3.63, 3.8) is 0 Å². The van der Waals surface area contributed by atoms with Crippen molar-refractivity contribution in [3.8, 4) is 11.5 Å². The van der Waals surface area contributed by atoms with Crippen molar-refractivity contribution in [1.82, 2.24) is 0 Å². The van der Waals surface area contributed by atoms with Crippen molar-refractivity contribution in [2.45, 2.75) is 39.7 Å². The lowest BCUT2D eigenvalue weighted by Crippen LogP contribution is -2.26. The molecule has 0 radical (unpaired) electrons. The van der Waals surface area contributed by atoms with Crippen molar-refractivity contribution in [1.29, 1.82) is 0 Å². The number of aliphatic hydroxyl groups is 1. The molecule has 0 aromatic heterocycles. The highest BCUT2D eigenvalue weighted by Gasteiger charge is 2.21. The first-order valence-corrected chi connectivity index (χ1v) is 6.27. The molecule has 1 N–H and O–H groups in total. The van der Waals surface area contributed by atoms with Gasteiger partial charge in [0.1, 0.15) is 0 Å². The molecule has 3 nitrogen and oxygen atoms in total. The van der Waals surface area contributed by atoms with E-state index in [0.29, 0.717) is 0 Å². The van der Waals surface area contributed by atoms with Gasteiger partial charge in [-0.05, 0) is 36.0 Å². The summed E-state index contributed by atoms with van der Waals surface area (Å²) in [6.45, 7) is 6.14. The summed E-state index contributed by atoms with van der Waals surface area (Å²) in [5.74, 6) is 1.47. The minimum Gasteiger partial charge on any atom is -0.493 e. The van der Waals surface area contributed by atoms with Gasteiger partial charge < -0.3 is 14.6 Å². The smallest absolute Gasteiger partial charge is 0.160 e. The molecule has 1 aromatic rings. The van der Waals surface area contributed by atoms with Crippen LogP contribution in [0.2, 0.25) is 0 Å². The molecule has 0 saturated carbocycles. The Morgan fingerprint density at radius 2 is 1.72 bits per heavy atom. The Hall–Kier alpha value is -1.22. The summed E-state index contributed by atoms with van der Waals surface area (Å²) in [6.07, 6.45) is 1.28. The second kappa shape index (κ2) is 6.10. The zero-order chi connectivity index (χ0) is 13.8. The molecular formula is C15H24O3. The molecule has 0 fully saturated rings. The Morgan fingerprint density at radius 1 is 1.11 bits per heavy atom. The third-order valence-corrected chi connectivity index (χ3v) is 3.15. The van der Waals surface area contributed by atoms with E-state index in [2.05, 4.69) is 0 Å². The zero-order valence-electron chi connectivity index (χ0n) is 12.0. The van der Waals surface area contributed by atoms with E-state index in [0.717, 1.165) is 29.9 Å². The molecule has 0 heterocycles. The van der Waals surface area contributed by atoms with Gasteiger partial charge in [0.05, 0.1) is 20.3 Å². The topological polar surface area (TPSA) is 38.7 Å². The Morgan fingerprint density at radius 3 is 2.22 bits per heavy atom. The van der Waals surface area contributed by atoms with Gasteiger partial charge in [-0.2, -0.15) is 0 Å². The number of benzene rings is 1. The van der Waals surface area contributed by atoms with Crippen LogP contribution in [0.1, 0.15) is 32.8 Å². The largest absolute Gasteiger partial charge is 0.493 e. The molecule has 0 aliphatic heterocycles. The van der Waals surface area contributed by atoms with Crippen LogP contribution in [-0.4, -0.2) is 25.4 Å². The molecule has 0 aliphatic rings. The Balaban J connectivity index is 2.69. The summed E-state index contributed by atoms with van der Waals surface area (Å²) in [6, 6.07) is 5.88. The van der Waals surface area contributed by atoms with Crippen LogP contribution in [0.3, 0.4) is 0 Å². The predicted octanol–water partition coefficient (Wildman–Crippen LogP) is 3.04. The van der Waals surface area contributed by atoms with E-state index in [1.165, 1.54) is 0 Å². The standard InChI is InChI=1S/C15H24O3/c1-15(2,3)14(16)9-7-11-6-8-12(17-4)13(10-11)18-5/h6,8,10,14,16H,7,9H2,1-5H3. The third kappa shape index (κ3) is 3.91. The number of aryl methyl sites for hydroxylation is 1. The third-order valence-electron chi connectivity index (χ3n) is 3.15. The highest BCUT2D eigenvalue weighted by Crippen LogP contribution is 2.29. The monoisotopic (exact) mass is 252 g/mol. The van der Waals surface area contributed by atoms with Gasteiger partial charge in [-0.15, -0.1) is 0 Å². The van der Waals surface area contributed by atoms with Crippen LogP contribution in [0.4, 0.5) is 0 Å². The maximum Gasteiger partial charge on any atom is 0.160 e. The van der Waals surface area contributed by atoms with Gasteiger partial charge in [0, 0.05) is 0 Å². The molecule has 0 amide bonds. The SMILES string of the molecule is COc1ccc(CCC(O)C(C)(C)C)cc1OC. The van der Waals surface area contributed by atoms with E-state index in [-0.39, 0.29) is 11.5 Å². The van der Waals surface area contributed by atoms with E-state index in [1.807, 2.05) is 39.0 Å². The number of aliphatic hydroxyl groups excluding tert-OH is 1. The molecule has 0 saturated heterocycles. The van der Waals surface area contributed by atoms with Crippen molar-refractivity contribution in [2.24, 2.45) is 5.41 Å². The molecule has 3 heteroatoms. The molecule has 0 spiro atoms. The Kier molecular flexibility index (Phi) is 5.03. The highest BCUT2D eigenvalue weighted by atomic mass is 16.5. The summed E-state index contributed by atoms with van der Waals surface area (Å²) >= 11 is 0. The van der Waals surface area contributed by atoms with Crippen LogP contribution in [0.5, 0.6) is 11.5 Å². The molecule has 0 aliphatic carbocycles. The van der Waals surface area contributed by atoms with Crippen LogP contribution in [0.25, 0.3) is 0 Å². The van der Waals surface area contributed by atoms with E-state index in [1.54, 1.807) is 14.2 Å². The van der Waals surface area contributed by atoms with Crippen LogP contribution in [0, 0.1) is 5.41 Å². The van der Waals surface area contributed by atoms with E-state index in [4.69, 9.17) is 9.47 Å². The first-order chi connectivity index (χ1) is 8.38. The molecule has 0 bridgehead atoms. The number of rotatable bonds is 5. The van der Waals surface area contributed by atoms with Crippen LogP contribution >= 0.6 is 0 Å². The van der Waals surface area contributed by atoms with E-state index >= 15 is 0 Å². The average molecular weight is 252 g/mol. The quantitative estimate of drug-likeness (QED) is 0.875. The second-order valence-electron chi connectivity index (χ2n) is 5.61. The molecule has 102 valence electrons. The lowest BCUT2D eigenvalue weighted by Gasteiger charge is -2.25. The summed E-state index contributed by atoms with van der Waals surface area (Å²) in [7, 11) is 3.26. The molecule has 1 rings (SSSR count). The molecule has 1 atom stereocenters. The summed E-state index contributed by atoms with van der Waals surface area (Å²) < 4.78 is 10.5. The number of ether oxygens (including phenoxy) is 2. The van der Waals surface area contributed by atoms with Crippen LogP contribution in [-0.2, 0) is 6.42 Å². The maximum absolute atomic E-state index is 10.0. The normalized spacial score (nSPS) is 13.2. The van der Waals surface area contributed by atoms with Gasteiger partial charge in [0.2, 0.25) is 0 Å². The van der Waals surface area contributed by atoms with Crippen molar-refractivity contribution in [3.05, 3.63) is 23.8 Å². The highest BCUT2D eigenvalue weighted by molar-refractivity contribution is 5.42. The number of methoxy groups -OCH3 is 2. The van der Waals surface area contributed by atoms with Gasteiger partial charge in [-0.25, -0.2) is 0 Å². The van der Waals surface area contributed by atoms with Crippen molar-refractivity contribution < 1.29 is 14.6 Å². The van der Waals surface area contributed by atoms with Gasteiger partial charge in [0.15, 0.2) is 11.5 Å². The van der Waals surface area contributed by atoms with Crippen LogP contribution in [0.15, 0.2) is 18.2 Å². The summed E-state index contributed by atoms with van der Waals surface area (Å²) in [5, 5.41) is 10.0. The lowest BCUT2D eigenvalue weighted by molar-refractivity contribution is 0.0560. The average Bonchev–Trinajstić information content (AvgIpc) is 2.34. The molecular weight excluding hydrogens is 228 g/mol. The summed E-state index contributed by atoms with van der Waals surface area (Å²) in [5.41, 5.74) is 1.08. The van der Waals surface area contributed by atoms with E-state index < -0.39 is 0 Å². The van der Waals surface area contributed by atoms with Crippen molar-refractivity contribution >= 4 is 0 Å². The Labute approximate surface area is 110 Å². The molecule has 1 unspecified atom stereocenters. The van der Waals surface area contributed by atoms with Gasteiger partial charge in [-0.1, -0.05) is 26.8 Å². The molecule has 1 aromatic carbocycles. The minimum atomic E-state index is -0.300. The number of hydrogen-bond donors (Lipinski definition) is 1. The fraction of sp³-hybridized carbons (Fsp3) is 0.600. The number of hydrogen-bond acceptors (Lipinski definition) is 3. The van der Waals surface area contributed by atoms with Gasteiger partial charge >= 0.3 is 0 Å². The summed E-state index contributed by atoms with van der Waals surface area (Å²) in [4.78, 5) is 0. The Bertz CT molecular complexity index is 380. The second-order valence-corrected chi connectivity index (χ2v) is 5.61. The van der Waals surface area contributed by atoms with Gasteiger partial charge in [0.25, 0.3) is 0 Å². The molecule has 18 heavy (non-hydrogen) atoms. The lowest BCUT2D eigenvalue weighted by atomic mass is 9.86. The zero-order valence-corrected chi connectivity index (χ0v) is 12.0. The van der Waals surface area contributed by atoms with Gasteiger partial charge in [-0.3, -0.25) is 0 Å². The first kappa shape index (κ1) is 14.8. The maximum atomic E-state index is 10.0.